The van der Waals surface area contributed by atoms with Crippen LogP contribution in [-0.4, -0.2) is 34.5 Å². The van der Waals surface area contributed by atoms with Crippen LogP contribution in [0.1, 0.15) is 22.7 Å². The monoisotopic (exact) mass is 416 g/mol. The number of carbonyl (C=O) groups excluding carboxylic acids is 1. The van der Waals surface area contributed by atoms with Crippen LogP contribution in [0.15, 0.2) is 24.5 Å². The predicted molar refractivity (Wildman–Crippen MR) is 96.2 cm³/mol. The molecule has 0 fully saturated rings. The van der Waals surface area contributed by atoms with Gasteiger partial charge in [-0.2, -0.15) is 8.78 Å². The topological polar surface area (TPSA) is 73.4 Å². The molecule has 2 N–H and O–H groups in total. The summed E-state index contributed by atoms with van der Waals surface area (Å²) in [6.07, 6.45) is 2.40. The summed E-state index contributed by atoms with van der Waals surface area (Å²) in [6, 6.07) is 2.82. The Labute approximate surface area is 160 Å². The number of aromatic nitrogens is 2. The van der Waals surface area contributed by atoms with Crippen LogP contribution in [0.3, 0.4) is 0 Å². The van der Waals surface area contributed by atoms with E-state index >= 15 is 0 Å². The van der Waals surface area contributed by atoms with Crippen molar-refractivity contribution in [2.45, 2.75) is 13.1 Å². The van der Waals surface area contributed by atoms with Gasteiger partial charge in [-0.15, -0.1) is 24.8 Å². The second-order valence-corrected chi connectivity index (χ2v) is 5.17. The number of alkyl halides is 2. The van der Waals surface area contributed by atoms with E-state index in [2.05, 4.69) is 4.98 Å². The zero-order valence-corrected chi connectivity index (χ0v) is 15.7. The Kier molecular flexibility index (Phi) is 8.96. The van der Waals surface area contributed by atoms with E-state index < -0.39 is 12.5 Å². The number of imidazole rings is 1. The van der Waals surface area contributed by atoms with E-state index in [1.165, 1.54) is 37.4 Å². The van der Waals surface area contributed by atoms with Crippen LogP contribution < -0.4 is 10.5 Å². The Hall–Kier alpha value is -1.77. The maximum absolute atomic E-state index is 12.8. The Morgan fingerprint density at radius 2 is 2.08 bits per heavy atom. The lowest BCUT2D eigenvalue weighted by Crippen LogP contribution is -2.28. The largest absolute Gasteiger partial charge is 0.496 e. The number of carbonyl (C=O) groups is 1. The van der Waals surface area contributed by atoms with Crippen molar-refractivity contribution in [1.82, 2.24) is 14.5 Å². The Morgan fingerprint density at radius 3 is 2.64 bits per heavy atom. The van der Waals surface area contributed by atoms with Crippen LogP contribution in [0.25, 0.3) is 0 Å². The molecular weight excluding hydrogens is 401 g/mol. The maximum Gasteiger partial charge on any atom is 0.319 e. The van der Waals surface area contributed by atoms with Gasteiger partial charge in [-0.3, -0.25) is 9.36 Å². The van der Waals surface area contributed by atoms with Crippen LogP contribution in [0.4, 0.5) is 14.5 Å². The maximum atomic E-state index is 12.8. The van der Waals surface area contributed by atoms with Gasteiger partial charge in [-0.1, -0.05) is 11.6 Å². The molecule has 0 unspecified atom stereocenters. The summed E-state index contributed by atoms with van der Waals surface area (Å²) in [6.45, 7) is -2.82. The third kappa shape index (κ3) is 5.10. The van der Waals surface area contributed by atoms with Gasteiger partial charge in [0, 0.05) is 25.5 Å². The molecule has 0 atom stereocenters. The highest BCUT2D eigenvalue weighted by atomic mass is 35.5. The predicted octanol–water partition coefficient (Wildman–Crippen LogP) is 3.64. The summed E-state index contributed by atoms with van der Waals surface area (Å²) >= 11 is 5.93. The highest BCUT2D eigenvalue weighted by Gasteiger charge is 2.21. The zero-order chi connectivity index (χ0) is 17.1. The van der Waals surface area contributed by atoms with E-state index in [-0.39, 0.29) is 59.2 Å². The van der Waals surface area contributed by atoms with E-state index in [4.69, 9.17) is 22.1 Å². The average molecular weight is 418 g/mol. The molecule has 0 radical (unpaired) electrons. The minimum Gasteiger partial charge on any atom is -0.496 e. The number of anilines is 1. The molecule has 0 aliphatic heterocycles. The molecule has 1 aromatic carbocycles. The van der Waals surface area contributed by atoms with Crippen molar-refractivity contribution in [3.8, 4) is 5.75 Å². The number of nitrogens with zero attached hydrogens (tertiary/aromatic N) is 3. The van der Waals surface area contributed by atoms with E-state index in [1.54, 1.807) is 0 Å². The number of methoxy groups -OCH3 is 1. The standard InChI is InChI=1S/C14H15ClF2N4O2.2ClH/c1-20(7-12-19-3-4-21(12)14(16)17)13(22)8-5-9(15)10(18)6-11(8)23-2;;/h3-6,14H,7,18H2,1-2H3;2*1H. The van der Waals surface area contributed by atoms with Crippen molar-refractivity contribution < 1.29 is 18.3 Å². The van der Waals surface area contributed by atoms with Crippen molar-refractivity contribution in [2.75, 3.05) is 19.9 Å². The number of benzene rings is 1. The molecule has 2 aromatic rings. The molecule has 11 heteroatoms. The normalized spacial score (nSPS) is 10.0. The van der Waals surface area contributed by atoms with Gasteiger partial charge < -0.3 is 15.4 Å². The lowest BCUT2D eigenvalue weighted by Gasteiger charge is -2.19. The summed E-state index contributed by atoms with van der Waals surface area (Å²) in [5.41, 5.74) is 6.13. The number of rotatable bonds is 5. The summed E-state index contributed by atoms with van der Waals surface area (Å²) in [5, 5.41) is 0.205. The highest BCUT2D eigenvalue weighted by Crippen LogP contribution is 2.29. The van der Waals surface area contributed by atoms with Crippen molar-refractivity contribution in [1.29, 1.82) is 0 Å². The molecule has 0 aliphatic rings. The van der Waals surface area contributed by atoms with Crippen LogP contribution >= 0.6 is 36.4 Å². The van der Waals surface area contributed by atoms with Crippen LogP contribution in [-0.2, 0) is 6.54 Å². The van der Waals surface area contributed by atoms with Gasteiger partial charge in [-0.05, 0) is 6.07 Å². The first-order valence-corrected chi connectivity index (χ1v) is 6.91. The Morgan fingerprint density at radius 1 is 1.44 bits per heavy atom. The van der Waals surface area contributed by atoms with Gasteiger partial charge in [0.1, 0.15) is 11.6 Å². The molecule has 0 saturated heterocycles. The fourth-order valence-corrected chi connectivity index (χ4v) is 2.20. The molecule has 25 heavy (non-hydrogen) atoms. The number of ether oxygens (including phenoxy) is 1. The quantitative estimate of drug-likeness (QED) is 0.754. The fourth-order valence-electron chi connectivity index (χ4n) is 2.04. The molecule has 0 aliphatic carbocycles. The smallest absolute Gasteiger partial charge is 0.319 e. The van der Waals surface area contributed by atoms with Gasteiger partial charge in [0.05, 0.1) is 29.9 Å². The number of hydrogen-bond acceptors (Lipinski definition) is 4. The lowest BCUT2D eigenvalue weighted by atomic mass is 10.1. The summed E-state index contributed by atoms with van der Waals surface area (Å²) in [5.74, 6) is -0.134. The third-order valence-corrected chi connectivity index (χ3v) is 3.56. The van der Waals surface area contributed by atoms with Gasteiger partial charge in [0.15, 0.2) is 0 Å². The summed E-state index contributed by atoms with van der Waals surface area (Å²) in [4.78, 5) is 17.6. The number of halogens is 5. The Balaban J connectivity index is 0.00000288. The van der Waals surface area contributed by atoms with Crippen molar-refractivity contribution >= 4 is 48.0 Å². The summed E-state index contributed by atoms with van der Waals surface area (Å²) < 4.78 is 31.5. The van der Waals surface area contributed by atoms with Gasteiger partial charge >= 0.3 is 6.55 Å². The first-order valence-electron chi connectivity index (χ1n) is 6.53. The van der Waals surface area contributed by atoms with Crippen molar-refractivity contribution in [3.05, 3.63) is 40.9 Å². The fraction of sp³-hybridized carbons (Fsp3) is 0.286. The van der Waals surface area contributed by atoms with Gasteiger partial charge in [0.25, 0.3) is 5.91 Å². The van der Waals surface area contributed by atoms with Gasteiger partial charge in [-0.25, -0.2) is 4.98 Å². The molecule has 2 rings (SSSR count). The SMILES string of the molecule is COc1cc(N)c(Cl)cc1C(=O)N(C)Cc1nccn1C(F)F.Cl.Cl. The van der Waals surface area contributed by atoms with Crippen LogP contribution in [0.2, 0.25) is 5.02 Å². The molecule has 1 heterocycles. The van der Waals surface area contributed by atoms with E-state index in [0.717, 1.165) is 6.20 Å². The first-order chi connectivity index (χ1) is 10.8. The third-order valence-electron chi connectivity index (χ3n) is 3.23. The average Bonchev–Trinajstić information content (AvgIpc) is 2.97. The molecule has 0 bridgehead atoms. The second-order valence-electron chi connectivity index (χ2n) is 4.76. The number of nitrogen functional groups attached to an aromatic ring is 1. The van der Waals surface area contributed by atoms with Crippen molar-refractivity contribution in [3.63, 3.8) is 0 Å². The number of nitrogens with two attached hydrogens (primary N) is 1. The Bertz CT molecular complexity index is 728. The molecule has 1 aromatic heterocycles. The molecule has 1 amide bonds. The molecular formula is C14H17Cl3F2N4O2. The summed E-state index contributed by atoms with van der Waals surface area (Å²) in [7, 11) is 2.86. The number of amides is 1. The zero-order valence-electron chi connectivity index (χ0n) is 13.3. The molecule has 0 spiro atoms. The van der Waals surface area contributed by atoms with Gasteiger partial charge in [0.2, 0.25) is 0 Å². The first kappa shape index (κ1) is 23.2. The van der Waals surface area contributed by atoms with E-state index in [1.807, 2.05) is 0 Å². The van der Waals surface area contributed by atoms with E-state index in [0.29, 0.717) is 4.57 Å². The van der Waals surface area contributed by atoms with Crippen LogP contribution in [0, 0.1) is 0 Å². The minimum absolute atomic E-state index is 0. The highest BCUT2D eigenvalue weighted by molar-refractivity contribution is 6.33. The molecule has 6 nitrogen and oxygen atoms in total. The number of hydrogen-bond donors (Lipinski definition) is 1. The molecule has 0 saturated carbocycles. The molecule has 140 valence electrons. The van der Waals surface area contributed by atoms with Crippen LogP contribution in [0.5, 0.6) is 5.75 Å². The van der Waals surface area contributed by atoms with Crippen molar-refractivity contribution in [2.24, 2.45) is 0 Å². The lowest BCUT2D eigenvalue weighted by molar-refractivity contribution is 0.0611. The minimum atomic E-state index is -2.73. The second kappa shape index (κ2) is 9.65. The van der Waals surface area contributed by atoms with E-state index in [9.17, 15) is 13.6 Å².